The Labute approximate surface area is 183 Å². The Morgan fingerprint density at radius 1 is 1.03 bits per heavy atom. The maximum absolute atomic E-state index is 5.50. The molecule has 160 valence electrons. The minimum Gasteiger partial charge on any atom is -0.378 e. The van der Waals surface area contributed by atoms with E-state index in [4.69, 9.17) is 14.7 Å². The van der Waals surface area contributed by atoms with Crippen LogP contribution in [-0.2, 0) is 11.3 Å². The second-order valence-corrected chi connectivity index (χ2v) is 7.52. The molecule has 10 nitrogen and oxygen atoms in total. The highest BCUT2D eigenvalue weighted by Gasteiger charge is 2.20. The number of fused-ring (bicyclic) bond motifs is 2. The van der Waals surface area contributed by atoms with Crippen LogP contribution in [0.2, 0.25) is 0 Å². The zero-order valence-electron chi connectivity index (χ0n) is 17.3. The van der Waals surface area contributed by atoms with Crippen LogP contribution in [0.3, 0.4) is 0 Å². The minimum absolute atomic E-state index is 0.489. The van der Waals surface area contributed by atoms with Crippen molar-refractivity contribution in [2.45, 2.75) is 6.54 Å². The number of morpholine rings is 1. The lowest BCUT2D eigenvalue weighted by Gasteiger charge is -2.27. The molecular formula is C22H21N9O. The van der Waals surface area contributed by atoms with Crippen molar-refractivity contribution in [2.75, 3.05) is 36.5 Å². The van der Waals surface area contributed by atoms with E-state index in [2.05, 4.69) is 30.2 Å². The summed E-state index contributed by atoms with van der Waals surface area (Å²) in [4.78, 5) is 28.6. The molecule has 0 atom stereocenters. The molecule has 5 heterocycles. The quantitative estimate of drug-likeness (QED) is 0.440. The first-order valence-electron chi connectivity index (χ1n) is 10.5. The van der Waals surface area contributed by atoms with E-state index in [0.717, 1.165) is 41.3 Å². The smallest absolute Gasteiger partial charge is 0.229 e. The van der Waals surface area contributed by atoms with Gasteiger partial charge in [0.25, 0.3) is 0 Å². The predicted octanol–water partition coefficient (Wildman–Crippen LogP) is 2.54. The van der Waals surface area contributed by atoms with Gasteiger partial charge < -0.3 is 19.9 Å². The summed E-state index contributed by atoms with van der Waals surface area (Å²) >= 11 is 0. The van der Waals surface area contributed by atoms with Crippen LogP contribution >= 0.6 is 0 Å². The van der Waals surface area contributed by atoms with Crippen LogP contribution in [0.4, 0.5) is 11.8 Å². The summed E-state index contributed by atoms with van der Waals surface area (Å²) < 4.78 is 7.43. The van der Waals surface area contributed by atoms with Crippen molar-refractivity contribution in [2.24, 2.45) is 0 Å². The van der Waals surface area contributed by atoms with Gasteiger partial charge in [-0.3, -0.25) is 9.55 Å². The van der Waals surface area contributed by atoms with Crippen molar-refractivity contribution in [1.29, 1.82) is 0 Å². The van der Waals surface area contributed by atoms with E-state index in [1.165, 1.54) is 0 Å². The van der Waals surface area contributed by atoms with Gasteiger partial charge in [-0.15, -0.1) is 0 Å². The molecule has 1 saturated heterocycles. The van der Waals surface area contributed by atoms with Gasteiger partial charge in [-0.1, -0.05) is 12.1 Å². The predicted molar refractivity (Wildman–Crippen MR) is 121 cm³/mol. The number of nitrogens with one attached hydrogen (secondary N) is 2. The van der Waals surface area contributed by atoms with Crippen molar-refractivity contribution in [3.8, 4) is 5.69 Å². The zero-order valence-corrected chi connectivity index (χ0v) is 17.3. The summed E-state index contributed by atoms with van der Waals surface area (Å²) in [5, 5.41) is 3.41. The summed E-state index contributed by atoms with van der Waals surface area (Å²) in [6.45, 7) is 3.30. The summed E-state index contributed by atoms with van der Waals surface area (Å²) in [6.07, 6.45) is 5.29. The first kappa shape index (κ1) is 18.7. The maximum Gasteiger partial charge on any atom is 0.229 e. The van der Waals surface area contributed by atoms with Crippen LogP contribution in [0.15, 0.2) is 55.1 Å². The lowest BCUT2D eigenvalue weighted by Crippen LogP contribution is -2.37. The molecule has 0 bridgehead atoms. The fraction of sp³-hybridized carbons (Fsp3) is 0.227. The molecule has 0 spiro atoms. The molecule has 0 saturated carbocycles. The number of anilines is 2. The van der Waals surface area contributed by atoms with Crippen LogP contribution in [0.1, 0.15) is 5.82 Å². The molecule has 1 aromatic carbocycles. The number of imidazole rings is 2. The molecule has 0 radical (unpaired) electrons. The molecule has 1 aliphatic heterocycles. The Kier molecular flexibility index (Phi) is 4.61. The van der Waals surface area contributed by atoms with Crippen molar-refractivity contribution in [3.05, 3.63) is 60.9 Å². The van der Waals surface area contributed by atoms with E-state index < -0.39 is 0 Å². The van der Waals surface area contributed by atoms with Gasteiger partial charge >= 0.3 is 0 Å². The Hall–Kier alpha value is -4.05. The summed E-state index contributed by atoms with van der Waals surface area (Å²) in [7, 11) is 0. The van der Waals surface area contributed by atoms with Crippen LogP contribution in [0.5, 0.6) is 0 Å². The number of nitrogens with zero attached hydrogens (tertiary/aromatic N) is 7. The van der Waals surface area contributed by atoms with E-state index in [0.29, 0.717) is 37.0 Å². The number of hydrogen-bond acceptors (Lipinski definition) is 8. The SMILES string of the molecule is c1cncc(-n2cnc3c(NCc4nc5ccccc5[nH]4)nc(N4CCOCC4)nc32)c1. The topological polar surface area (TPSA) is 110 Å². The number of benzene rings is 1. The van der Waals surface area contributed by atoms with Gasteiger partial charge in [0.1, 0.15) is 12.2 Å². The molecular weight excluding hydrogens is 406 g/mol. The van der Waals surface area contributed by atoms with E-state index in [1.807, 2.05) is 41.0 Å². The summed E-state index contributed by atoms with van der Waals surface area (Å²) in [5.74, 6) is 2.15. The van der Waals surface area contributed by atoms with Gasteiger partial charge in [0.2, 0.25) is 5.95 Å². The third kappa shape index (κ3) is 3.40. The number of para-hydroxylation sites is 2. The fourth-order valence-corrected chi connectivity index (χ4v) is 3.86. The first-order chi connectivity index (χ1) is 15.8. The highest BCUT2D eigenvalue weighted by Crippen LogP contribution is 2.25. The number of pyridine rings is 1. The number of rotatable bonds is 5. The van der Waals surface area contributed by atoms with Gasteiger partial charge in [0.05, 0.1) is 42.7 Å². The van der Waals surface area contributed by atoms with E-state index in [9.17, 15) is 0 Å². The largest absolute Gasteiger partial charge is 0.378 e. The molecule has 10 heteroatoms. The molecule has 32 heavy (non-hydrogen) atoms. The monoisotopic (exact) mass is 427 g/mol. The van der Waals surface area contributed by atoms with Crippen LogP contribution in [-0.4, -0.2) is 60.8 Å². The van der Waals surface area contributed by atoms with Gasteiger partial charge in [0, 0.05) is 19.3 Å². The molecule has 0 amide bonds. The van der Waals surface area contributed by atoms with Gasteiger partial charge in [-0.2, -0.15) is 9.97 Å². The average molecular weight is 427 g/mol. The molecule has 6 rings (SSSR count). The van der Waals surface area contributed by atoms with Crippen molar-refractivity contribution in [1.82, 2.24) is 34.5 Å². The zero-order chi connectivity index (χ0) is 21.3. The molecule has 1 aliphatic rings. The Bertz CT molecular complexity index is 1340. The standard InChI is InChI=1S/C22H21N9O/c1-2-6-17-16(5-1)26-18(27-17)13-24-20-19-21(29-22(28-20)30-8-10-32-11-9-30)31(14-25-19)15-4-3-7-23-12-15/h1-7,12,14H,8-11,13H2,(H,26,27)(H,24,28,29). The summed E-state index contributed by atoms with van der Waals surface area (Å²) in [6, 6.07) is 11.8. The van der Waals surface area contributed by atoms with Crippen LogP contribution in [0.25, 0.3) is 27.9 Å². The van der Waals surface area contributed by atoms with Crippen molar-refractivity contribution >= 4 is 34.0 Å². The van der Waals surface area contributed by atoms with E-state index in [1.54, 1.807) is 18.7 Å². The Morgan fingerprint density at radius 3 is 2.78 bits per heavy atom. The molecule has 2 N–H and O–H groups in total. The third-order valence-electron chi connectivity index (χ3n) is 5.46. The second kappa shape index (κ2) is 7.89. The average Bonchev–Trinajstić information content (AvgIpc) is 3.47. The molecule has 0 unspecified atom stereocenters. The second-order valence-electron chi connectivity index (χ2n) is 7.52. The highest BCUT2D eigenvalue weighted by molar-refractivity contribution is 5.85. The molecule has 1 fully saturated rings. The first-order valence-corrected chi connectivity index (χ1v) is 10.5. The number of aromatic nitrogens is 7. The van der Waals surface area contributed by atoms with Crippen LogP contribution < -0.4 is 10.2 Å². The van der Waals surface area contributed by atoms with Crippen LogP contribution in [0, 0.1) is 0 Å². The van der Waals surface area contributed by atoms with E-state index >= 15 is 0 Å². The minimum atomic E-state index is 0.489. The van der Waals surface area contributed by atoms with Gasteiger partial charge in [-0.25, -0.2) is 9.97 Å². The number of aromatic amines is 1. The maximum atomic E-state index is 5.50. The number of ether oxygens (including phenoxy) is 1. The van der Waals surface area contributed by atoms with Gasteiger partial charge in [0.15, 0.2) is 17.0 Å². The number of H-pyrrole nitrogens is 1. The third-order valence-corrected chi connectivity index (χ3v) is 5.46. The molecule has 0 aliphatic carbocycles. The lowest BCUT2D eigenvalue weighted by atomic mass is 10.3. The molecule has 5 aromatic rings. The number of hydrogen-bond donors (Lipinski definition) is 2. The molecule has 4 aromatic heterocycles. The van der Waals surface area contributed by atoms with Gasteiger partial charge in [-0.05, 0) is 24.3 Å². The van der Waals surface area contributed by atoms with Crippen molar-refractivity contribution in [3.63, 3.8) is 0 Å². The van der Waals surface area contributed by atoms with E-state index in [-0.39, 0.29) is 0 Å². The summed E-state index contributed by atoms with van der Waals surface area (Å²) in [5.41, 5.74) is 4.26. The fourth-order valence-electron chi connectivity index (χ4n) is 3.86. The Morgan fingerprint density at radius 2 is 1.94 bits per heavy atom. The Balaban J connectivity index is 1.40. The highest BCUT2D eigenvalue weighted by atomic mass is 16.5. The normalized spacial score (nSPS) is 14.3. The van der Waals surface area contributed by atoms with Crippen molar-refractivity contribution < 1.29 is 4.74 Å². The lowest BCUT2D eigenvalue weighted by molar-refractivity contribution is 0.122.